The van der Waals surface area contributed by atoms with Gasteiger partial charge in [-0.05, 0) is 66.5 Å². The highest BCUT2D eigenvalue weighted by atomic mass is 79.9. The van der Waals surface area contributed by atoms with Gasteiger partial charge in [0, 0.05) is 22.0 Å². The van der Waals surface area contributed by atoms with Gasteiger partial charge in [0.05, 0.1) is 6.10 Å². The highest BCUT2D eigenvalue weighted by Gasteiger charge is 2.32. The zero-order chi connectivity index (χ0) is 12.3. The summed E-state index contributed by atoms with van der Waals surface area (Å²) in [5.74, 6) is 0.818. The van der Waals surface area contributed by atoms with Gasteiger partial charge in [-0.1, -0.05) is 0 Å². The average molecular weight is 318 g/mol. The van der Waals surface area contributed by atoms with Crippen molar-refractivity contribution in [1.29, 1.82) is 0 Å². The Morgan fingerprint density at radius 3 is 2.88 bits per heavy atom. The molecule has 1 fully saturated rings. The topological polar surface area (TPSA) is 21.3 Å². The summed E-state index contributed by atoms with van der Waals surface area (Å²) in [4.78, 5) is 1.42. The van der Waals surface area contributed by atoms with Crippen LogP contribution in [0.3, 0.4) is 0 Å². The Morgan fingerprint density at radius 1 is 1.59 bits per heavy atom. The van der Waals surface area contributed by atoms with E-state index in [9.17, 15) is 0 Å². The second-order valence-corrected chi connectivity index (χ2v) is 6.43. The van der Waals surface area contributed by atoms with E-state index in [0.29, 0.717) is 12.1 Å². The zero-order valence-electron chi connectivity index (χ0n) is 10.4. The summed E-state index contributed by atoms with van der Waals surface area (Å²) in [7, 11) is 2.05. The fraction of sp³-hybridized carbons (Fsp3) is 0.692. The molecule has 0 radical (unpaired) electrons. The van der Waals surface area contributed by atoms with Crippen LogP contribution >= 0.6 is 27.3 Å². The number of rotatable bonds is 6. The molecule has 1 unspecified atom stereocenters. The summed E-state index contributed by atoms with van der Waals surface area (Å²) < 4.78 is 6.85. The van der Waals surface area contributed by atoms with Gasteiger partial charge in [-0.15, -0.1) is 11.3 Å². The van der Waals surface area contributed by atoms with Crippen LogP contribution in [0.1, 0.15) is 37.1 Å². The van der Waals surface area contributed by atoms with E-state index >= 15 is 0 Å². The molecule has 0 aliphatic heterocycles. The molecular formula is C13H20BrNOS. The van der Waals surface area contributed by atoms with Gasteiger partial charge < -0.3 is 10.1 Å². The average Bonchev–Trinajstić information content (AvgIpc) is 2.68. The molecule has 1 aromatic heterocycles. The van der Waals surface area contributed by atoms with Gasteiger partial charge in [-0.25, -0.2) is 0 Å². The van der Waals surface area contributed by atoms with Crippen molar-refractivity contribution in [2.45, 2.75) is 38.3 Å². The molecule has 2 rings (SSSR count). The number of halogens is 1. The van der Waals surface area contributed by atoms with Crippen LogP contribution in [0.4, 0.5) is 0 Å². The molecule has 1 aliphatic carbocycles. The fourth-order valence-corrected chi connectivity index (χ4v) is 4.26. The molecule has 17 heavy (non-hydrogen) atoms. The van der Waals surface area contributed by atoms with Crippen molar-refractivity contribution in [3.8, 4) is 0 Å². The van der Waals surface area contributed by atoms with Crippen LogP contribution in [0.5, 0.6) is 0 Å². The van der Waals surface area contributed by atoms with Gasteiger partial charge in [0.15, 0.2) is 0 Å². The lowest BCUT2D eigenvalue weighted by atomic mass is 9.78. The molecule has 1 aromatic rings. The maximum Gasteiger partial charge on any atom is 0.0580 e. The summed E-state index contributed by atoms with van der Waals surface area (Å²) >= 11 is 5.45. The maximum atomic E-state index is 5.61. The predicted octanol–water partition coefficient (Wildman–Crippen LogP) is 3.98. The van der Waals surface area contributed by atoms with E-state index in [4.69, 9.17) is 4.74 Å². The second kappa shape index (κ2) is 6.32. The van der Waals surface area contributed by atoms with Crippen LogP contribution in [0.15, 0.2) is 15.9 Å². The Morgan fingerprint density at radius 2 is 2.35 bits per heavy atom. The smallest absolute Gasteiger partial charge is 0.0580 e. The molecule has 1 N–H and O–H groups in total. The first-order chi connectivity index (χ1) is 8.24. The highest BCUT2D eigenvalue weighted by Crippen LogP contribution is 2.39. The van der Waals surface area contributed by atoms with Crippen molar-refractivity contribution in [2.24, 2.45) is 5.92 Å². The summed E-state index contributed by atoms with van der Waals surface area (Å²) in [6, 6.07) is 2.62. The Labute approximate surface area is 116 Å². The quantitative estimate of drug-likeness (QED) is 0.857. The third kappa shape index (κ3) is 3.31. The van der Waals surface area contributed by atoms with Crippen molar-refractivity contribution >= 4 is 27.3 Å². The van der Waals surface area contributed by atoms with E-state index in [0.717, 1.165) is 12.5 Å². The van der Waals surface area contributed by atoms with Crippen molar-refractivity contribution in [1.82, 2.24) is 5.32 Å². The first-order valence-electron chi connectivity index (χ1n) is 6.26. The van der Waals surface area contributed by atoms with Crippen molar-refractivity contribution in [3.05, 3.63) is 20.8 Å². The predicted molar refractivity (Wildman–Crippen MR) is 76.6 cm³/mol. The second-order valence-electron chi connectivity index (χ2n) is 4.62. The lowest BCUT2D eigenvalue weighted by Crippen LogP contribution is -2.34. The third-order valence-corrected chi connectivity index (χ3v) is 5.46. The molecule has 0 bridgehead atoms. The van der Waals surface area contributed by atoms with Crippen LogP contribution < -0.4 is 5.32 Å². The van der Waals surface area contributed by atoms with Crippen LogP contribution in [0, 0.1) is 5.92 Å². The van der Waals surface area contributed by atoms with Crippen LogP contribution in [-0.2, 0) is 4.74 Å². The number of hydrogen-bond donors (Lipinski definition) is 1. The molecule has 0 aromatic carbocycles. The lowest BCUT2D eigenvalue weighted by molar-refractivity contribution is -0.0289. The normalized spacial score (nSPS) is 25.6. The van der Waals surface area contributed by atoms with Crippen molar-refractivity contribution < 1.29 is 4.74 Å². The first-order valence-corrected chi connectivity index (χ1v) is 7.93. The van der Waals surface area contributed by atoms with E-state index in [-0.39, 0.29) is 0 Å². The van der Waals surface area contributed by atoms with Gasteiger partial charge >= 0.3 is 0 Å². The fourth-order valence-electron chi connectivity index (χ4n) is 2.48. The Kier molecular flexibility index (Phi) is 5.03. The number of ether oxygens (including phenoxy) is 1. The van der Waals surface area contributed by atoms with E-state index < -0.39 is 0 Å². The van der Waals surface area contributed by atoms with Crippen molar-refractivity contribution in [2.75, 3.05) is 13.7 Å². The first kappa shape index (κ1) is 13.5. The Hall–Kier alpha value is 0.100. The molecule has 1 aliphatic rings. The maximum absolute atomic E-state index is 5.61. The van der Waals surface area contributed by atoms with Crippen LogP contribution in [0.25, 0.3) is 0 Å². The summed E-state index contributed by atoms with van der Waals surface area (Å²) in [5.41, 5.74) is 0. The van der Waals surface area contributed by atoms with E-state index in [1.54, 1.807) is 0 Å². The summed E-state index contributed by atoms with van der Waals surface area (Å²) in [6.07, 6.45) is 4.21. The molecule has 0 amide bonds. The molecule has 1 atom stereocenters. The molecule has 1 saturated carbocycles. The minimum Gasteiger partial charge on any atom is -0.378 e. The van der Waals surface area contributed by atoms with Gasteiger partial charge in [0.1, 0.15) is 0 Å². The summed E-state index contributed by atoms with van der Waals surface area (Å²) in [6.45, 7) is 2.93. The van der Waals surface area contributed by atoms with E-state index in [2.05, 4.69) is 46.7 Å². The highest BCUT2D eigenvalue weighted by molar-refractivity contribution is 9.10. The van der Waals surface area contributed by atoms with Gasteiger partial charge in [-0.3, -0.25) is 0 Å². The minimum atomic E-state index is 0.483. The minimum absolute atomic E-state index is 0.483. The SMILES string of the molecule is CCOC1CC(CC(NC)c2sccc2Br)C1. The van der Waals surface area contributed by atoms with Gasteiger partial charge in [0.25, 0.3) is 0 Å². The molecule has 0 saturated heterocycles. The molecular weight excluding hydrogens is 298 g/mol. The number of nitrogens with one attached hydrogen (secondary N) is 1. The Balaban J connectivity index is 1.84. The van der Waals surface area contributed by atoms with E-state index in [1.165, 1.54) is 28.6 Å². The standard InChI is InChI=1S/C13H20BrNOS/c1-3-16-10-6-9(7-10)8-12(15-2)13-11(14)4-5-17-13/h4-5,9-10,12,15H,3,6-8H2,1-2H3. The molecule has 96 valence electrons. The lowest BCUT2D eigenvalue weighted by Gasteiger charge is -2.36. The monoisotopic (exact) mass is 317 g/mol. The van der Waals surface area contributed by atoms with E-state index in [1.807, 2.05) is 11.3 Å². The molecule has 1 heterocycles. The molecule has 0 spiro atoms. The largest absolute Gasteiger partial charge is 0.378 e. The third-order valence-electron chi connectivity index (χ3n) is 3.47. The molecule has 2 nitrogen and oxygen atoms in total. The van der Waals surface area contributed by atoms with Crippen LogP contribution in [-0.4, -0.2) is 19.8 Å². The molecule has 4 heteroatoms. The van der Waals surface area contributed by atoms with Crippen molar-refractivity contribution in [3.63, 3.8) is 0 Å². The number of thiophene rings is 1. The summed E-state index contributed by atoms with van der Waals surface area (Å²) in [5, 5.41) is 5.58. The Bertz CT molecular complexity index is 349. The van der Waals surface area contributed by atoms with Gasteiger partial charge in [0.2, 0.25) is 0 Å². The van der Waals surface area contributed by atoms with Gasteiger partial charge in [-0.2, -0.15) is 0 Å². The zero-order valence-corrected chi connectivity index (χ0v) is 12.8. The number of hydrogen-bond acceptors (Lipinski definition) is 3. The van der Waals surface area contributed by atoms with Crippen LogP contribution in [0.2, 0.25) is 0 Å².